The topological polar surface area (TPSA) is 76.0 Å². The Kier molecular flexibility index (Phi) is 5.54. The van der Waals surface area contributed by atoms with E-state index in [0.717, 1.165) is 33.7 Å². The Bertz CT molecular complexity index is 991. The predicted octanol–water partition coefficient (Wildman–Crippen LogP) is 2.97. The number of imidazole rings is 1. The summed E-state index contributed by atoms with van der Waals surface area (Å²) in [5.74, 6) is 0.594. The molecule has 0 spiro atoms. The molecule has 0 saturated heterocycles. The zero-order chi connectivity index (χ0) is 19.4. The minimum absolute atomic E-state index is 0.0785. The van der Waals surface area contributed by atoms with Gasteiger partial charge in [0.25, 0.3) is 0 Å². The number of hydrogen-bond donors (Lipinski definition) is 2. The van der Waals surface area contributed by atoms with Crippen molar-refractivity contribution < 1.29 is 9.59 Å². The molecular weight excluding hydrogens is 340 g/mol. The molecule has 140 valence electrons. The van der Waals surface area contributed by atoms with E-state index in [1.807, 2.05) is 60.9 Å². The van der Waals surface area contributed by atoms with E-state index in [9.17, 15) is 9.59 Å². The van der Waals surface area contributed by atoms with Gasteiger partial charge < -0.3 is 15.2 Å². The number of carbonyl (C=O) groups is 2. The minimum Gasteiger partial charge on any atom is -0.356 e. The van der Waals surface area contributed by atoms with Crippen molar-refractivity contribution in [2.45, 2.75) is 33.7 Å². The molecule has 3 aromatic rings. The van der Waals surface area contributed by atoms with Gasteiger partial charge in [0.1, 0.15) is 12.4 Å². The lowest BCUT2D eigenvalue weighted by atomic mass is 10.1. The summed E-state index contributed by atoms with van der Waals surface area (Å²) in [5, 5.41) is 5.76. The molecule has 2 aromatic carbocycles. The van der Waals surface area contributed by atoms with Crippen LogP contribution in [0.25, 0.3) is 11.0 Å². The van der Waals surface area contributed by atoms with Crippen LogP contribution in [0.5, 0.6) is 0 Å². The zero-order valence-corrected chi connectivity index (χ0v) is 15.9. The average molecular weight is 364 g/mol. The van der Waals surface area contributed by atoms with E-state index in [4.69, 9.17) is 0 Å². The summed E-state index contributed by atoms with van der Waals surface area (Å²) < 4.78 is 1.91. The molecular formula is C21H24N4O2. The zero-order valence-electron chi connectivity index (χ0n) is 15.9. The van der Waals surface area contributed by atoms with Crippen LogP contribution in [0.1, 0.15) is 23.9 Å². The number of aromatic nitrogens is 2. The molecule has 27 heavy (non-hydrogen) atoms. The van der Waals surface area contributed by atoms with Gasteiger partial charge >= 0.3 is 0 Å². The molecule has 0 saturated carbocycles. The number of nitrogens with zero attached hydrogens (tertiary/aromatic N) is 2. The average Bonchev–Trinajstić information content (AvgIpc) is 2.95. The lowest BCUT2D eigenvalue weighted by Crippen LogP contribution is -2.25. The van der Waals surface area contributed by atoms with Gasteiger partial charge in [-0.1, -0.05) is 29.8 Å². The van der Waals surface area contributed by atoms with Gasteiger partial charge in [-0.05, 0) is 37.6 Å². The number of aryl methyl sites for hydroxylation is 2. The summed E-state index contributed by atoms with van der Waals surface area (Å²) in [6.45, 7) is 6.15. The van der Waals surface area contributed by atoms with Gasteiger partial charge in [-0.3, -0.25) is 9.59 Å². The molecule has 0 aliphatic heterocycles. The smallest absolute Gasteiger partial charge is 0.244 e. The third-order valence-corrected chi connectivity index (χ3v) is 4.41. The highest BCUT2D eigenvalue weighted by atomic mass is 16.2. The van der Waals surface area contributed by atoms with Gasteiger partial charge in [0.05, 0.1) is 11.0 Å². The highest BCUT2D eigenvalue weighted by Crippen LogP contribution is 2.19. The number of amides is 2. The van der Waals surface area contributed by atoms with E-state index in [0.29, 0.717) is 13.0 Å². The molecule has 6 heteroatoms. The molecule has 0 atom stereocenters. The Morgan fingerprint density at radius 3 is 2.63 bits per heavy atom. The molecule has 2 N–H and O–H groups in total. The number of fused-ring (bicyclic) bond motifs is 1. The van der Waals surface area contributed by atoms with Crippen molar-refractivity contribution in [3.8, 4) is 0 Å². The molecule has 1 aromatic heterocycles. The fraction of sp³-hybridized carbons (Fsp3) is 0.286. The number of anilines is 1. The number of hydrogen-bond acceptors (Lipinski definition) is 3. The van der Waals surface area contributed by atoms with Crippen LogP contribution in [-0.4, -0.2) is 27.9 Å². The second-order valence-electron chi connectivity index (χ2n) is 6.70. The normalized spacial score (nSPS) is 10.8. The second-order valence-corrected chi connectivity index (χ2v) is 6.70. The van der Waals surface area contributed by atoms with Gasteiger partial charge in [0.15, 0.2) is 0 Å². The fourth-order valence-corrected chi connectivity index (χ4v) is 3.13. The van der Waals surface area contributed by atoms with Crippen molar-refractivity contribution in [1.82, 2.24) is 14.9 Å². The summed E-state index contributed by atoms with van der Waals surface area (Å²) in [6.07, 6.45) is 0.561. The number of benzene rings is 2. The molecule has 0 bridgehead atoms. The number of carbonyl (C=O) groups excluding carboxylic acids is 2. The van der Waals surface area contributed by atoms with Crippen LogP contribution in [0.3, 0.4) is 0 Å². The van der Waals surface area contributed by atoms with Crippen molar-refractivity contribution in [1.29, 1.82) is 0 Å². The second kappa shape index (κ2) is 8.03. The lowest BCUT2D eigenvalue weighted by molar-refractivity contribution is -0.119. The van der Waals surface area contributed by atoms with E-state index < -0.39 is 0 Å². The third kappa shape index (κ3) is 4.53. The van der Waals surface area contributed by atoms with Crippen LogP contribution >= 0.6 is 0 Å². The summed E-state index contributed by atoms with van der Waals surface area (Å²) in [4.78, 5) is 28.4. The number of para-hydroxylation sites is 2. The molecule has 0 aliphatic rings. The Morgan fingerprint density at radius 1 is 1.11 bits per heavy atom. The molecule has 0 radical (unpaired) electrons. The first-order valence-corrected chi connectivity index (χ1v) is 8.99. The molecule has 0 aliphatic carbocycles. The predicted molar refractivity (Wildman–Crippen MR) is 107 cm³/mol. The van der Waals surface area contributed by atoms with E-state index >= 15 is 0 Å². The van der Waals surface area contributed by atoms with Gasteiger partial charge in [-0.15, -0.1) is 0 Å². The maximum Gasteiger partial charge on any atom is 0.244 e. The standard InChI is InChI=1S/C21H24N4O2/c1-14-8-9-17(15(2)12-14)24-21(27)13-25-19-7-5-4-6-18(19)23-20(25)10-11-22-16(3)26/h4-9,12H,10-11,13H2,1-3H3,(H,22,26)(H,24,27). The van der Waals surface area contributed by atoms with Crippen LogP contribution in [0.15, 0.2) is 42.5 Å². The third-order valence-electron chi connectivity index (χ3n) is 4.41. The van der Waals surface area contributed by atoms with Crippen LogP contribution in [0.2, 0.25) is 0 Å². The van der Waals surface area contributed by atoms with Crippen molar-refractivity contribution in [3.63, 3.8) is 0 Å². The van der Waals surface area contributed by atoms with Crippen LogP contribution < -0.4 is 10.6 Å². The molecule has 0 fully saturated rings. The lowest BCUT2D eigenvalue weighted by Gasteiger charge is -2.12. The highest BCUT2D eigenvalue weighted by Gasteiger charge is 2.14. The van der Waals surface area contributed by atoms with Gasteiger partial charge in [-0.2, -0.15) is 0 Å². The van der Waals surface area contributed by atoms with Crippen molar-refractivity contribution in [2.24, 2.45) is 0 Å². The van der Waals surface area contributed by atoms with Crippen LogP contribution in [0, 0.1) is 13.8 Å². The van der Waals surface area contributed by atoms with Gasteiger partial charge in [-0.25, -0.2) is 4.98 Å². The monoisotopic (exact) mass is 364 g/mol. The maximum absolute atomic E-state index is 12.7. The Balaban J connectivity index is 1.81. The molecule has 6 nitrogen and oxygen atoms in total. The first-order chi connectivity index (χ1) is 12.9. The Hall–Kier alpha value is -3.15. The number of nitrogens with one attached hydrogen (secondary N) is 2. The van der Waals surface area contributed by atoms with Crippen molar-refractivity contribution in [3.05, 3.63) is 59.4 Å². The van der Waals surface area contributed by atoms with Crippen molar-refractivity contribution in [2.75, 3.05) is 11.9 Å². The highest BCUT2D eigenvalue weighted by molar-refractivity contribution is 5.92. The summed E-state index contributed by atoms with van der Waals surface area (Å²) in [6, 6.07) is 13.7. The largest absolute Gasteiger partial charge is 0.356 e. The van der Waals surface area contributed by atoms with E-state index in [-0.39, 0.29) is 18.4 Å². The first kappa shape index (κ1) is 18.6. The minimum atomic E-state index is -0.106. The van der Waals surface area contributed by atoms with Gasteiger partial charge in [0.2, 0.25) is 11.8 Å². The Labute approximate surface area is 158 Å². The SMILES string of the molecule is CC(=O)NCCc1nc2ccccc2n1CC(=O)Nc1ccc(C)cc1C. The van der Waals surface area contributed by atoms with E-state index in [1.54, 1.807) is 0 Å². The molecule has 1 heterocycles. The Morgan fingerprint density at radius 2 is 1.89 bits per heavy atom. The van der Waals surface area contributed by atoms with Crippen LogP contribution in [0.4, 0.5) is 5.69 Å². The van der Waals surface area contributed by atoms with Gasteiger partial charge in [0, 0.05) is 25.6 Å². The number of rotatable bonds is 6. The molecule has 3 rings (SSSR count). The quantitative estimate of drug-likeness (QED) is 0.706. The van der Waals surface area contributed by atoms with E-state index in [2.05, 4.69) is 15.6 Å². The fourth-order valence-electron chi connectivity index (χ4n) is 3.13. The first-order valence-electron chi connectivity index (χ1n) is 8.99. The maximum atomic E-state index is 12.7. The van der Waals surface area contributed by atoms with Crippen LogP contribution in [-0.2, 0) is 22.6 Å². The van der Waals surface area contributed by atoms with Crippen molar-refractivity contribution >= 4 is 28.5 Å². The summed E-state index contributed by atoms with van der Waals surface area (Å²) >= 11 is 0. The summed E-state index contributed by atoms with van der Waals surface area (Å²) in [7, 11) is 0. The molecule has 0 unspecified atom stereocenters. The molecule has 2 amide bonds. The summed E-state index contributed by atoms with van der Waals surface area (Å²) in [5.41, 5.74) is 4.76. The van der Waals surface area contributed by atoms with E-state index in [1.165, 1.54) is 6.92 Å².